The van der Waals surface area contributed by atoms with Gasteiger partial charge in [0.05, 0.1) is 12.7 Å². The van der Waals surface area contributed by atoms with E-state index in [1.807, 2.05) is 42.5 Å². The molecular formula is C32H30N2O3. The number of esters is 1. The first-order chi connectivity index (χ1) is 18.1. The van der Waals surface area contributed by atoms with Crippen LogP contribution in [-0.2, 0) is 4.74 Å². The van der Waals surface area contributed by atoms with Gasteiger partial charge >= 0.3 is 5.97 Å². The maximum atomic E-state index is 12.8. The third kappa shape index (κ3) is 4.31. The van der Waals surface area contributed by atoms with Gasteiger partial charge in [-0.05, 0) is 67.3 Å². The van der Waals surface area contributed by atoms with Gasteiger partial charge in [-0.3, -0.25) is 0 Å². The quantitative estimate of drug-likeness (QED) is 0.260. The number of hydrogen-bond acceptors (Lipinski definition) is 5. The molecule has 1 fully saturated rings. The molecule has 2 aliphatic heterocycles. The minimum Gasteiger partial charge on any atom is -0.465 e. The van der Waals surface area contributed by atoms with Crippen LogP contribution in [0.15, 0.2) is 84.9 Å². The number of fused-ring (bicyclic) bond motifs is 2. The maximum Gasteiger partial charge on any atom is 0.338 e. The highest BCUT2D eigenvalue weighted by Gasteiger charge is 2.33. The molecule has 37 heavy (non-hydrogen) atoms. The number of carbonyl (C=O) groups is 1. The molecule has 186 valence electrons. The van der Waals surface area contributed by atoms with E-state index in [1.165, 1.54) is 25.6 Å². The molecule has 0 amide bonds. The van der Waals surface area contributed by atoms with Crippen molar-refractivity contribution >= 4 is 23.0 Å². The Morgan fingerprint density at radius 1 is 0.865 bits per heavy atom. The maximum absolute atomic E-state index is 12.8. The highest BCUT2D eigenvalue weighted by atomic mass is 16.5. The number of para-hydroxylation sites is 1. The molecule has 1 atom stereocenters. The van der Waals surface area contributed by atoms with E-state index in [1.54, 1.807) is 0 Å². The number of rotatable bonds is 5. The summed E-state index contributed by atoms with van der Waals surface area (Å²) in [5.41, 5.74) is 7.82. The van der Waals surface area contributed by atoms with Crippen molar-refractivity contribution in [3.8, 4) is 11.5 Å². The monoisotopic (exact) mass is 490 g/mol. The molecule has 1 unspecified atom stereocenters. The zero-order valence-electron chi connectivity index (χ0n) is 21.2. The van der Waals surface area contributed by atoms with Gasteiger partial charge in [-0.1, -0.05) is 42.5 Å². The van der Waals surface area contributed by atoms with E-state index in [0.717, 1.165) is 58.2 Å². The number of nitrogens with one attached hydrogen (secondary N) is 1. The molecule has 5 heteroatoms. The molecule has 0 spiro atoms. The molecule has 0 aliphatic carbocycles. The van der Waals surface area contributed by atoms with Crippen molar-refractivity contribution in [2.24, 2.45) is 0 Å². The smallest absolute Gasteiger partial charge is 0.338 e. The SMILES string of the molecule is COC(=O)c1ccccc1C1c2ccc(N3CCCC3)cc2Oc2cc(C)c(Nc3ccccc3)cc21. The summed E-state index contributed by atoms with van der Waals surface area (Å²) < 4.78 is 11.7. The minimum absolute atomic E-state index is 0.182. The van der Waals surface area contributed by atoms with Crippen molar-refractivity contribution in [2.45, 2.75) is 25.7 Å². The van der Waals surface area contributed by atoms with E-state index in [4.69, 9.17) is 9.47 Å². The summed E-state index contributed by atoms with van der Waals surface area (Å²) in [7, 11) is 1.43. The fourth-order valence-electron chi connectivity index (χ4n) is 5.51. The van der Waals surface area contributed by atoms with Gasteiger partial charge < -0.3 is 19.7 Å². The number of methoxy groups -OCH3 is 1. The van der Waals surface area contributed by atoms with Gasteiger partial charge in [0.25, 0.3) is 0 Å². The number of ether oxygens (including phenoxy) is 2. The van der Waals surface area contributed by atoms with Gasteiger partial charge in [0.2, 0.25) is 0 Å². The lowest BCUT2D eigenvalue weighted by atomic mass is 9.80. The van der Waals surface area contributed by atoms with E-state index >= 15 is 0 Å². The Labute approximate surface area is 217 Å². The normalized spacial score (nSPS) is 15.9. The number of benzene rings is 4. The molecule has 4 aromatic carbocycles. The van der Waals surface area contributed by atoms with Crippen molar-refractivity contribution in [2.75, 3.05) is 30.4 Å². The fourth-order valence-corrected chi connectivity index (χ4v) is 5.51. The highest BCUT2D eigenvalue weighted by molar-refractivity contribution is 5.92. The zero-order valence-corrected chi connectivity index (χ0v) is 21.2. The Morgan fingerprint density at radius 3 is 2.38 bits per heavy atom. The first kappa shape index (κ1) is 23.2. The number of anilines is 3. The standard InChI is InChI=1S/C32H30N2O3/c1-21-18-29-27(20-28(21)33-22-10-4-3-5-11-22)31(24-12-6-7-13-25(24)32(35)36-2)26-15-14-23(19-30(26)37-29)34-16-8-9-17-34/h3-7,10-15,18-20,31,33H,8-9,16-17H2,1-2H3. The van der Waals surface area contributed by atoms with Crippen LogP contribution in [0.1, 0.15) is 51.4 Å². The first-order valence-corrected chi connectivity index (χ1v) is 12.8. The van der Waals surface area contributed by atoms with E-state index in [2.05, 4.69) is 59.6 Å². The Hall–Kier alpha value is -4.25. The summed E-state index contributed by atoms with van der Waals surface area (Å²) in [6.07, 6.45) is 2.43. The van der Waals surface area contributed by atoms with Crippen LogP contribution >= 0.6 is 0 Å². The summed E-state index contributed by atoms with van der Waals surface area (Å²) >= 11 is 0. The molecule has 5 nitrogen and oxygen atoms in total. The van der Waals surface area contributed by atoms with Crippen molar-refractivity contribution < 1.29 is 14.3 Å². The third-order valence-electron chi connectivity index (χ3n) is 7.40. The van der Waals surface area contributed by atoms with E-state index in [0.29, 0.717) is 5.56 Å². The van der Waals surface area contributed by atoms with Gasteiger partial charge in [-0.15, -0.1) is 0 Å². The van der Waals surface area contributed by atoms with Crippen LogP contribution in [0.2, 0.25) is 0 Å². The average Bonchev–Trinajstić information content (AvgIpc) is 3.47. The first-order valence-electron chi connectivity index (χ1n) is 12.8. The minimum atomic E-state index is -0.339. The predicted octanol–water partition coefficient (Wildman–Crippen LogP) is 7.41. The summed E-state index contributed by atoms with van der Waals surface area (Å²) in [5, 5.41) is 3.56. The van der Waals surface area contributed by atoms with Crippen LogP contribution in [0.5, 0.6) is 11.5 Å². The van der Waals surface area contributed by atoms with Crippen LogP contribution in [0, 0.1) is 6.92 Å². The largest absolute Gasteiger partial charge is 0.465 e. The molecule has 2 heterocycles. The summed E-state index contributed by atoms with van der Waals surface area (Å²) in [6.45, 7) is 4.22. The van der Waals surface area contributed by atoms with Gasteiger partial charge in [-0.25, -0.2) is 4.79 Å². The van der Waals surface area contributed by atoms with Crippen LogP contribution in [0.3, 0.4) is 0 Å². The van der Waals surface area contributed by atoms with Gasteiger partial charge in [0.15, 0.2) is 0 Å². The fraction of sp³-hybridized carbons (Fsp3) is 0.219. The highest BCUT2D eigenvalue weighted by Crippen LogP contribution is 2.50. The lowest BCUT2D eigenvalue weighted by Crippen LogP contribution is -2.19. The molecule has 2 aliphatic rings. The molecule has 0 aromatic heterocycles. The number of carbonyl (C=O) groups excluding carboxylic acids is 1. The Morgan fingerprint density at radius 2 is 1.59 bits per heavy atom. The molecule has 0 saturated carbocycles. The van der Waals surface area contributed by atoms with Crippen molar-refractivity contribution in [3.05, 3.63) is 113 Å². The van der Waals surface area contributed by atoms with Crippen molar-refractivity contribution in [1.82, 2.24) is 0 Å². The lowest BCUT2D eigenvalue weighted by molar-refractivity contribution is 0.0599. The van der Waals surface area contributed by atoms with E-state index in [9.17, 15) is 4.79 Å². The molecule has 1 N–H and O–H groups in total. The molecule has 4 aromatic rings. The zero-order chi connectivity index (χ0) is 25.4. The van der Waals surface area contributed by atoms with Crippen LogP contribution in [-0.4, -0.2) is 26.2 Å². The molecule has 1 saturated heterocycles. The summed E-state index contributed by atoms with van der Waals surface area (Å²) in [4.78, 5) is 15.2. The van der Waals surface area contributed by atoms with Crippen LogP contribution in [0.25, 0.3) is 0 Å². The second-order valence-corrected chi connectivity index (χ2v) is 9.73. The lowest BCUT2D eigenvalue weighted by Gasteiger charge is -2.32. The Bertz CT molecular complexity index is 1460. The summed E-state index contributed by atoms with van der Waals surface area (Å²) in [5.74, 6) is 1.13. The van der Waals surface area contributed by atoms with Gasteiger partial charge in [0, 0.05) is 53.3 Å². The molecular weight excluding hydrogens is 460 g/mol. The van der Waals surface area contributed by atoms with E-state index in [-0.39, 0.29) is 11.9 Å². The predicted molar refractivity (Wildman–Crippen MR) is 148 cm³/mol. The molecule has 0 bridgehead atoms. The van der Waals surface area contributed by atoms with Crippen molar-refractivity contribution in [3.63, 3.8) is 0 Å². The molecule has 6 rings (SSSR count). The van der Waals surface area contributed by atoms with Crippen molar-refractivity contribution in [1.29, 1.82) is 0 Å². The van der Waals surface area contributed by atoms with E-state index < -0.39 is 0 Å². The summed E-state index contributed by atoms with van der Waals surface area (Å²) in [6, 6.07) is 28.6. The van der Waals surface area contributed by atoms with Crippen LogP contribution in [0.4, 0.5) is 17.1 Å². The van der Waals surface area contributed by atoms with Crippen LogP contribution < -0.4 is 15.0 Å². The topological polar surface area (TPSA) is 50.8 Å². The second-order valence-electron chi connectivity index (χ2n) is 9.73. The number of nitrogens with zero attached hydrogens (tertiary/aromatic N) is 1. The third-order valence-corrected chi connectivity index (χ3v) is 7.40. The average molecular weight is 491 g/mol. The van der Waals surface area contributed by atoms with Gasteiger partial charge in [-0.2, -0.15) is 0 Å². The number of hydrogen-bond donors (Lipinski definition) is 1. The second kappa shape index (κ2) is 9.66. The van der Waals surface area contributed by atoms with Gasteiger partial charge in [0.1, 0.15) is 11.5 Å². The Kier molecular flexibility index (Phi) is 6.05. The Balaban J connectivity index is 1.51. The number of aryl methyl sites for hydroxylation is 1. The molecule has 0 radical (unpaired) electrons.